The molecule has 2 heterocycles. The van der Waals surface area contributed by atoms with Crippen molar-refractivity contribution in [3.05, 3.63) is 46.9 Å². The first-order valence-corrected chi connectivity index (χ1v) is 12.3. The molecule has 0 spiro atoms. The lowest BCUT2D eigenvalue weighted by Gasteiger charge is -2.32. The second kappa shape index (κ2) is 13.1. The van der Waals surface area contributed by atoms with Crippen LogP contribution in [0.3, 0.4) is 0 Å². The fourth-order valence-corrected chi connectivity index (χ4v) is 4.84. The van der Waals surface area contributed by atoms with Crippen molar-refractivity contribution in [3.63, 3.8) is 0 Å². The molecular formula is C24H32N4O4S. The molecule has 0 saturated heterocycles. The lowest BCUT2D eigenvalue weighted by molar-refractivity contribution is -0.142. The monoisotopic (exact) mass is 472 g/mol. The molecule has 1 unspecified atom stereocenters. The molecule has 1 saturated carbocycles. The Kier molecular flexibility index (Phi) is 9.83. The van der Waals surface area contributed by atoms with Crippen molar-refractivity contribution < 1.29 is 19.1 Å². The van der Waals surface area contributed by atoms with Crippen LogP contribution in [0.25, 0.3) is 0 Å². The van der Waals surface area contributed by atoms with E-state index < -0.39 is 6.04 Å². The maximum atomic E-state index is 13.4. The minimum atomic E-state index is -0.740. The van der Waals surface area contributed by atoms with Crippen LogP contribution < -0.4 is 10.6 Å². The molecule has 33 heavy (non-hydrogen) atoms. The van der Waals surface area contributed by atoms with Crippen LogP contribution in [0, 0.1) is 0 Å². The molecule has 1 fully saturated rings. The van der Waals surface area contributed by atoms with Crippen molar-refractivity contribution in [2.75, 3.05) is 25.6 Å². The molecule has 178 valence electrons. The molecule has 0 radical (unpaired) electrons. The van der Waals surface area contributed by atoms with Crippen molar-refractivity contribution >= 4 is 34.7 Å². The number of nitrogens with zero attached hydrogens (tertiary/aromatic N) is 2. The van der Waals surface area contributed by atoms with Gasteiger partial charge >= 0.3 is 0 Å². The van der Waals surface area contributed by atoms with Gasteiger partial charge in [0, 0.05) is 43.6 Å². The molecule has 2 aromatic rings. The predicted molar refractivity (Wildman–Crippen MR) is 128 cm³/mol. The van der Waals surface area contributed by atoms with E-state index in [1.807, 2.05) is 17.5 Å². The smallest absolute Gasteiger partial charge is 0.248 e. The van der Waals surface area contributed by atoms with Gasteiger partial charge in [0.25, 0.3) is 0 Å². The highest BCUT2D eigenvalue weighted by atomic mass is 32.1. The molecule has 3 rings (SSSR count). The molecule has 1 aliphatic rings. The number of methoxy groups -OCH3 is 1. The summed E-state index contributed by atoms with van der Waals surface area (Å²) in [6.45, 7) is 0.562. The molecule has 2 N–H and O–H groups in total. The van der Waals surface area contributed by atoms with Crippen LogP contribution in [0.1, 0.15) is 55.9 Å². The third-order valence-corrected chi connectivity index (χ3v) is 6.62. The van der Waals surface area contributed by atoms with E-state index in [9.17, 15) is 14.4 Å². The Bertz CT molecular complexity index is 885. The number of rotatable bonds is 11. The quantitative estimate of drug-likeness (QED) is 0.521. The van der Waals surface area contributed by atoms with Gasteiger partial charge in [-0.25, -0.2) is 0 Å². The van der Waals surface area contributed by atoms with Gasteiger partial charge in [-0.3, -0.25) is 19.4 Å². The van der Waals surface area contributed by atoms with E-state index in [0.717, 1.165) is 30.6 Å². The summed E-state index contributed by atoms with van der Waals surface area (Å²) >= 11 is 1.44. The van der Waals surface area contributed by atoms with E-state index in [0.29, 0.717) is 12.3 Å². The third kappa shape index (κ3) is 7.64. The van der Waals surface area contributed by atoms with Crippen molar-refractivity contribution in [1.82, 2.24) is 15.2 Å². The summed E-state index contributed by atoms with van der Waals surface area (Å²) in [5, 5.41) is 7.80. The van der Waals surface area contributed by atoms with Gasteiger partial charge in [-0.15, -0.1) is 11.3 Å². The zero-order valence-electron chi connectivity index (χ0n) is 19.0. The van der Waals surface area contributed by atoms with Gasteiger partial charge in [-0.1, -0.05) is 25.3 Å². The average molecular weight is 473 g/mol. The first-order chi connectivity index (χ1) is 16.1. The SMILES string of the molecule is COCCN(C(=O)CCC(=O)Nc1cccnc1)C(C(=O)NC1CCCCC1)c1cccs1. The normalized spacial score (nSPS) is 14.9. The van der Waals surface area contributed by atoms with Gasteiger partial charge in [0.1, 0.15) is 6.04 Å². The molecular weight excluding hydrogens is 440 g/mol. The number of anilines is 1. The number of ether oxygens (including phenoxy) is 1. The van der Waals surface area contributed by atoms with Crippen LogP contribution in [0.2, 0.25) is 0 Å². The number of carbonyl (C=O) groups is 3. The maximum Gasteiger partial charge on any atom is 0.248 e. The molecule has 2 aromatic heterocycles. The lowest BCUT2D eigenvalue weighted by atomic mass is 9.95. The van der Waals surface area contributed by atoms with Crippen molar-refractivity contribution in [2.24, 2.45) is 0 Å². The van der Waals surface area contributed by atoms with Gasteiger partial charge < -0.3 is 20.3 Å². The summed E-state index contributed by atoms with van der Waals surface area (Å²) < 4.78 is 5.22. The zero-order valence-corrected chi connectivity index (χ0v) is 19.8. The Balaban J connectivity index is 1.69. The van der Waals surface area contributed by atoms with E-state index >= 15 is 0 Å². The number of amides is 3. The Hall–Kier alpha value is -2.78. The molecule has 3 amide bonds. The van der Waals surface area contributed by atoms with Gasteiger partial charge in [-0.2, -0.15) is 0 Å². The largest absolute Gasteiger partial charge is 0.383 e. The molecule has 9 heteroatoms. The highest BCUT2D eigenvalue weighted by Crippen LogP contribution is 2.28. The summed E-state index contributed by atoms with van der Waals surface area (Å²) in [6.07, 6.45) is 8.50. The maximum absolute atomic E-state index is 13.4. The Morgan fingerprint density at radius 2 is 2.00 bits per heavy atom. The molecule has 1 aliphatic carbocycles. The van der Waals surface area contributed by atoms with Gasteiger partial charge in [0.05, 0.1) is 18.5 Å². The Morgan fingerprint density at radius 1 is 1.18 bits per heavy atom. The summed E-state index contributed by atoms with van der Waals surface area (Å²) in [7, 11) is 1.56. The Morgan fingerprint density at radius 3 is 2.67 bits per heavy atom. The lowest BCUT2D eigenvalue weighted by Crippen LogP contribution is -2.47. The van der Waals surface area contributed by atoms with E-state index in [1.54, 1.807) is 36.5 Å². The topological polar surface area (TPSA) is 101 Å². The first kappa shape index (κ1) is 24.9. The van der Waals surface area contributed by atoms with Crippen LogP contribution in [-0.4, -0.2) is 53.9 Å². The minimum absolute atomic E-state index is 0.00556. The fraction of sp³-hybridized carbons (Fsp3) is 0.500. The summed E-state index contributed by atoms with van der Waals surface area (Å²) in [4.78, 5) is 45.3. The molecule has 8 nitrogen and oxygen atoms in total. The van der Waals surface area contributed by atoms with E-state index in [4.69, 9.17) is 4.74 Å². The Labute approximate surface area is 198 Å². The van der Waals surface area contributed by atoms with Crippen LogP contribution in [0.15, 0.2) is 42.0 Å². The van der Waals surface area contributed by atoms with Crippen molar-refractivity contribution in [2.45, 2.75) is 57.0 Å². The minimum Gasteiger partial charge on any atom is -0.383 e. The third-order valence-electron chi connectivity index (χ3n) is 5.69. The average Bonchev–Trinajstić information content (AvgIpc) is 3.35. The summed E-state index contributed by atoms with van der Waals surface area (Å²) in [5.41, 5.74) is 0.578. The highest BCUT2D eigenvalue weighted by molar-refractivity contribution is 7.10. The number of aromatic nitrogens is 1. The molecule has 0 bridgehead atoms. The van der Waals surface area contributed by atoms with Crippen LogP contribution in [-0.2, 0) is 19.1 Å². The van der Waals surface area contributed by atoms with Gasteiger partial charge in [0.2, 0.25) is 17.7 Å². The fourth-order valence-electron chi connectivity index (χ4n) is 4.01. The molecule has 0 aliphatic heterocycles. The van der Waals surface area contributed by atoms with Crippen LogP contribution >= 0.6 is 11.3 Å². The first-order valence-electron chi connectivity index (χ1n) is 11.4. The number of hydrogen-bond acceptors (Lipinski definition) is 6. The number of pyridine rings is 1. The van der Waals surface area contributed by atoms with E-state index in [-0.39, 0.29) is 43.1 Å². The summed E-state index contributed by atoms with van der Waals surface area (Å²) in [5.74, 6) is -0.707. The van der Waals surface area contributed by atoms with Crippen LogP contribution in [0.5, 0.6) is 0 Å². The number of hydrogen-bond donors (Lipinski definition) is 2. The van der Waals surface area contributed by atoms with Crippen LogP contribution in [0.4, 0.5) is 5.69 Å². The molecule has 1 atom stereocenters. The molecule has 0 aromatic carbocycles. The van der Waals surface area contributed by atoms with E-state index in [1.165, 1.54) is 17.8 Å². The second-order valence-corrected chi connectivity index (χ2v) is 9.11. The van der Waals surface area contributed by atoms with Gasteiger partial charge in [0.15, 0.2) is 0 Å². The number of thiophene rings is 1. The highest BCUT2D eigenvalue weighted by Gasteiger charge is 2.33. The summed E-state index contributed by atoms with van der Waals surface area (Å²) in [6, 6.07) is 6.61. The standard InChI is InChI=1S/C24H32N4O4S/c1-32-15-14-28(22(30)12-11-21(29)26-19-9-5-13-25-17-19)23(20-10-6-16-33-20)24(31)27-18-7-3-2-4-8-18/h5-6,9-10,13,16-18,23H,2-4,7-8,11-12,14-15H2,1H3,(H,26,29)(H,27,31). The van der Waals surface area contributed by atoms with E-state index in [2.05, 4.69) is 15.6 Å². The van der Waals surface area contributed by atoms with Crippen molar-refractivity contribution in [1.29, 1.82) is 0 Å². The zero-order chi connectivity index (χ0) is 23.5. The number of nitrogens with one attached hydrogen (secondary N) is 2. The van der Waals surface area contributed by atoms with Crippen molar-refractivity contribution in [3.8, 4) is 0 Å². The second-order valence-electron chi connectivity index (χ2n) is 8.13. The van der Waals surface area contributed by atoms with Gasteiger partial charge in [-0.05, 0) is 36.4 Å². The number of carbonyl (C=O) groups excluding carboxylic acids is 3. The predicted octanol–water partition coefficient (Wildman–Crippen LogP) is 3.53.